The highest BCUT2D eigenvalue weighted by molar-refractivity contribution is 6.31. The van der Waals surface area contributed by atoms with E-state index in [-0.39, 0.29) is 22.2 Å². The van der Waals surface area contributed by atoms with E-state index in [1.165, 1.54) is 18.2 Å². The molecule has 0 aromatic heterocycles. The lowest BCUT2D eigenvalue weighted by Gasteiger charge is -2.34. The number of halogens is 1. The third kappa shape index (κ3) is 3.87. The van der Waals surface area contributed by atoms with Gasteiger partial charge in [0.2, 0.25) is 0 Å². The number of nitrogens with one attached hydrogen (secondary N) is 1. The summed E-state index contributed by atoms with van der Waals surface area (Å²) in [5.74, 6) is -1.09. The monoisotopic (exact) mass is 298 g/mol. The molecule has 1 rings (SSSR count). The van der Waals surface area contributed by atoms with Gasteiger partial charge >= 0.3 is 12.0 Å². The number of aromatic carboxylic acids is 1. The smallest absolute Gasteiger partial charge is 0.335 e. The van der Waals surface area contributed by atoms with Gasteiger partial charge in [-0.1, -0.05) is 18.5 Å². The van der Waals surface area contributed by atoms with Gasteiger partial charge in [-0.2, -0.15) is 0 Å². The van der Waals surface area contributed by atoms with E-state index in [2.05, 4.69) is 5.32 Å². The van der Waals surface area contributed by atoms with Crippen LogP contribution in [-0.2, 0) is 0 Å². The van der Waals surface area contributed by atoms with Crippen molar-refractivity contribution in [1.82, 2.24) is 4.90 Å². The van der Waals surface area contributed by atoms with Gasteiger partial charge in [-0.15, -0.1) is 0 Å². The number of carboxylic acid groups (broad SMARTS) is 1. The highest BCUT2D eigenvalue weighted by Gasteiger charge is 2.25. The van der Waals surface area contributed by atoms with Gasteiger partial charge in [0.05, 0.1) is 5.56 Å². The molecule has 0 unspecified atom stereocenters. The first-order chi connectivity index (χ1) is 9.17. The highest BCUT2D eigenvalue weighted by Crippen LogP contribution is 2.21. The van der Waals surface area contributed by atoms with Crippen molar-refractivity contribution in [2.45, 2.75) is 32.7 Å². The summed E-state index contributed by atoms with van der Waals surface area (Å²) in [6.07, 6.45) is 0.798. The molecule has 1 aromatic rings. The van der Waals surface area contributed by atoms with Gasteiger partial charge in [0.15, 0.2) is 0 Å². The average Bonchev–Trinajstić information content (AvgIpc) is 2.36. The minimum atomic E-state index is -1.09. The fourth-order valence-electron chi connectivity index (χ4n) is 1.50. The molecule has 0 saturated heterocycles. The van der Waals surface area contributed by atoms with Gasteiger partial charge in [0.1, 0.15) is 0 Å². The zero-order chi connectivity index (χ0) is 15.5. The number of hydrogen-bond donors (Lipinski definition) is 2. The number of amides is 2. The molecule has 2 N–H and O–H groups in total. The second kappa shape index (κ2) is 6.13. The Kier molecular flexibility index (Phi) is 5.00. The van der Waals surface area contributed by atoms with Crippen molar-refractivity contribution in [1.29, 1.82) is 0 Å². The van der Waals surface area contributed by atoms with Crippen LogP contribution >= 0.6 is 11.6 Å². The van der Waals surface area contributed by atoms with Gasteiger partial charge in [0.25, 0.3) is 0 Å². The highest BCUT2D eigenvalue weighted by atomic mass is 35.5. The van der Waals surface area contributed by atoms with E-state index >= 15 is 0 Å². The summed E-state index contributed by atoms with van der Waals surface area (Å²) in [5, 5.41) is 11.9. The van der Waals surface area contributed by atoms with Gasteiger partial charge in [-0.05, 0) is 38.5 Å². The number of carbonyl (C=O) groups is 2. The standard InChI is InChI=1S/C14H19ClN2O3/c1-5-14(2,3)17(4)13(20)16-11-7-9(12(18)19)6-10(15)8-11/h6-8H,5H2,1-4H3,(H,16,20)(H,18,19). The molecule has 6 heteroatoms. The number of rotatable bonds is 4. The molecule has 0 bridgehead atoms. The second-order valence-corrected chi connectivity index (χ2v) is 5.63. The summed E-state index contributed by atoms with van der Waals surface area (Å²) < 4.78 is 0. The first-order valence-corrected chi connectivity index (χ1v) is 6.64. The Morgan fingerprint density at radius 3 is 2.45 bits per heavy atom. The molecule has 20 heavy (non-hydrogen) atoms. The molecule has 2 amide bonds. The molecule has 0 aliphatic heterocycles. The maximum atomic E-state index is 12.1. The molecular weight excluding hydrogens is 280 g/mol. The zero-order valence-corrected chi connectivity index (χ0v) is 12.8. The Bertz CT molecular complexity index is 529. The second-order valence-electron chi connectivity index (χ2n) is 5.19. The fourth-order valence-corrected chi connectivity index (χ4v) is 1.74. The molecule has 1 aromatic carbocycles. The van der Waals surface area contributed by atoms with E-state index < -0.39 is 5.97 Å². The topological polar surface area (TPSA) is 69.6 Å². The summed E-state index contributed by atoms with van der Waals surface area (Å²) in [4.78, 5) is 24.7. The minimum absolute atomic E-state index is 0.0326. The van der Waals surface area contributed by atoms with Crippen molar-refractivity contribution in [2.75, 3.05) is 12.4 Å². The molecule has 0 fully saturated rings. The number of urea groups is 1. The minimum Gasteiger partial charge on any atom is -0.478 e. The molecule has 0 saturated carbocycles. The molecular formula is C14H19ClN2O3. The van der Waals surface area contributed by atoms with Crippen molar-refractivity contribution in [3.05, 3.63) is 28.8 Å². The number of nitrogens with zero attached hydrogens (tertiary/aromatic N) is 1. The Labute approximate surface area is 123 Å². The lowest BCUT2D eigenvalue weighted by atomic mass is 10.0. The van der Waals surface area contributed by atoms with Gasteiger partial charge in [-0.3, -0.25) is 0 Å². The SMILES string of the molecule is CCC(C)(C)N(C)C(=O)Nc1cc(Cl)cc(C(=O)O)c1. The van der Waals surface area contributed by atoms with Crippen molar-refractivity contribution in [3.63, 3.8) is 0 Å². The molecule has 0 spiro atoms. The van der Waals surface area contributed by atoms with E-state index in [0.29, 0.717) is 5.69 Å². The summed E-state index contributed by atoms with van der Waals surface area (Å²) in [6, 6.07) is 3.91. The van der Waals surface area contributed by atoms with E-state index in [9.17, 15) is 9.59 Å². The van der Waals surface area contributed by atoms with E-state index in [1.807, 2.05) is 20.8 Å². The van der Waals surface area contributed by atoms with Crippen LogP contribution in [0.15, 0.2) is 18.2 Å². The summed E-state index contributed by atoms with van der Waals surface area (Å²) in [7, 11) is 1.70. The molecule has 5 nitrogen and oxygen atoms in total. The van der Waals surface area contributed by atoms with Gasteiger partial charge in [-0.25, -0.2) is 9.59 Å². The molecule has 0 aliphatic carbocycles. The Morgan fingerprint density at radius 2 is 1.95 bits per heavy atom. The Hall–Kier alpha value is -1.75. The number of carboxylic acids is 1. The third-order valence-electron chi connectivity index (χ3n) is 3.47. The first-order valence-electron chi connectivity index (χ1n) is 6.26. The molecule has 0 radical (unpaired) electrons. The van der Waals surface area contributed by atoms with E-state index in [4.69, 9.17) is 16.7 Å². The van der Waals surface area contributed by atoms with Crippen LogP contribution in [0.25, 0.3) is 0 Å². The molecule has 0 atom stereocenters. The van der Waals surface area contributed by atoms with Crippen molar-refractivity contribution >= 4 is 29.3 Å². The Morgan fingerprint density at radius 1 is 1.35 bits per heavy atom. The summed E-state index contributed by atoms with van der Waals surface area (Å²) >= 11 is 5.85. The van der Waals surface area contributed by atoms with Crippen LogP contribution in [0, 0.1) is 0 Å². The molecule has 0 heterocycles. The van der Waals surface area contributed by atoms with Crippen LogP contribution in [0.3, 0.4) is 0 Å². The van der Waals surface area contributed by atoms with Crippen molar-refractivity contribution in [3.8, 4) is 0 Å². The lowest BCUT2D eigenvalue weighted by Crippen LogP contribution is -2.46. The summed E-state index contributed by atoms with van der Waals surface area (Å²) in [5.41, 5.74) is 0.0991. The normalized spacial score (nSPS) is 11.1. The third-order valence-corrected chi connectivity index (χ3v) is 3.69. The lowest BCUT2D eigenvalue weighted by molar-refractivity contribution is 0.0697. The van der Waals surface area contributed by atoms with Crippen LogP contribution in [-0.4, -0.2) is 34.6 Å². The number of carbonyl (C=O) groups excluding carboxylic acids is 1. The average molecular weight is 299 g/mol. The van der Waals surface area contributed by atoms with Gasteiger partial charge in [0, 0.05) is 23.3 Å². The predicted octanol–water partition coefficient (Wildman–Crippen LogP) is 3.69. The molecule has 0 aliphatic rings. The van der Waals surface area contributed by atoms with Crippen molar-refractivity contribution < 1.29 is 14.7 Å². The van der Waals surface area contributed by atoms with Gasteiger partial charge < -0.3 is 15.3 Å². The van der Waals surface area contributed by atoms with Crippen LogP contribution in [0.4, 0.5) is 10.5 Å². The van der Waals surface area contributed by atoms with E-state index in [0.717, 1.165) is 6.42 Å². The van der Waals surface area contributed by atoms with E-state index in [1.54, 1.807) is 11.9 Å². The number of hydrogen-bond acceptors (Lipinski definition) is 2. The van der Waals surface area contributed by atoms with Crippen molar-refractivity contribution in [2.24, 2.45) is 0 Å². The fraction of sp³-hybridized carbons (Fsp3) is 0.429. The largest absolute Gasteiger partial charge is 0.478 e. The maximum absolute atomic E-state index is 12.1. The first kappa shape index (κ1) is 16.3. The summed E-state index contributed by atoms with van der Waals surface area (Å²) in [6.45, 7) is 5.89. The van der Waals surface area contributed by atoms with Crippen LogP contribution in [0.1, 0.15) is 37.6 Å². The van der Waals surface area contributed by atoms with Crippen LogP contribution < -0.4 is 5.32 Å². The number of benzene rings is 1. The van der Waals surface area contributed by atoms with Crippen LogP contribution in [0.2, 0.25) is 5.02 Å². The Balaban J connectivity index is 2.94. The number of anilines is 1. The molecule has 110 valence electrons. The quantitative estimate of drug-likeness (QED) is 0.890. The zero-order valence-electron chi connectivity index (χ0n) is 12.0. The maximum Gasteiger partial charge on any atom is 0.335 e. The van der Waals surface area contributed by atoms with Crippen LogP contribution in [0.5, 0.6) is 0 Å². The predicted molar refractivity (Wildman–Crippen MR) is 79.6 cm³/mol.